The minimum absolute atomic E-state index is 0.0260. The highest BCUT2D eigenvalue weighted by molar-refractivity contribution is 5.96. The summed E-state index contributed by atoms with van der Waals surface area (Å²) >= 11 is 0. The number of carbonyl (C=O) groups is 2. The average Bonchev–Trinajstić information content (AvgIpc) is 3.28. The number of carbonyl (C=O) groups excluding carboxylic acids is 2. The average molecular weight is 432 g/mol. The number of fused-ring (bicyclic) bond motifs is 3. The van der Waals surface area contributed by atoms with E-state index in [2.05, 4.69) is 27.6 Å². The lowest BCUT2D eigenvalue weighted by Gasteiger charge is -2.33. The molecule has 2 N–H and O–H groups in total. The Morgan fingerprint density at radius 2 is 1.94 bits per heavy atom. The maximum Gasteiger partial charge on any atom is 0.269 e. The van der Waals surface area contributed by atoms with Crippen LogP contribution in [-0.4, -0.2) is 59.3 Å². The molecule has 5 rings (SSSR count). The molecule has 1 fully saturated rings. The van der Waals surface area contributed by atoms with Crippen LogP contribution in [0, 0.1) is 0 Å². The molecule has 8 nitrogen and oxygen atoms in total. The number of para-hydroxylation sites is 1. The van der Waals surface area contributed by atoms with Gasteiger partial charge in [-0.05, 0) is 24.1 Å². The molecule has 164 valence electrons. The van der Waals surface area contributed by atoms with Crippen LogP contribution in [0.25, 0.3) is 11.3 Å². The molecular formula is C24H24N4O4. The zero-order chi connectivity index (χ0) is 21.9. The van der Waals surface area contributed by atoms with Crippen LogP contribution in [0.1, 0.15) is 21.6 Å². The Balaban J connectivity index is 1.19. The molecule has 0 bridgehead atoms. The van der Waals surface area contributed by atoms with E-state index in [9.17, 15) is 9.59 Å². The molecule has 0 saturated carbocycles. The van der Waals surface area contributed by atoms with Crippen LogP contribution in [0.15, 0.2) is 54.6 Å². The van der Waals surface area contributed by atoms with Gasteiger partial charge in [-0.25, -0.2) is 0 Å². The van der Waals surface area contributed by atoms with Crippen LogP contribution >= 0.6 is 0 Å². The highest BCUT2D eigenvalue weighted by atomic mass is 16.5. The standard InChI is InChI=1S/C24H24N4O4/c29-21-15-31-17(13-28(21)11-10-16-6-2-1-3-7-16)12-25-24(30)23-19-14-32-20-9-5-4-8-18(20)22(19)26-27-23/h1-9,17H,10-15H2,(H,25,30)(H,26,27). The molecule has 1 unspecified atom stereocenters. The second-order valence-electron chi connectivity index (χ2n) is 7.93. The molecular weight excluding hydrogens is 408 g/mol. The maximum absolute atomic E-state index is 12.8. The summed E-state index contributed by atoms with van der Waals surface area (Å²) in [6, 6.07) is 17.7. The van der Waals surface area contributed by atoms with E-state index in [0.717, 1.165) is 29.0 Å². The number of nitrogens with zero attached hydrogens (tertiary/aromatic N) is 2. The van der Waals surface area contributed by atoms with Crippen LogP contribution < -0.4 is 10.1 Å². The van der Waals surface area contributed by atoms with E-state index in [-0.39, 0.29) is 31.1 Å². The van der Waals surface area contributed by atoms with Crippen molar-refractivity contribution >= 4 is 11.8 Å². The van der Waals surface area contributed by atoms with Crippen molar-refractivity contribution in [2.24, 2.45) is 0 Å². The molecule has 1 saturated heterocycles. The highest BCUT2D eigenvalue weighted by Gasteiger charge is 2.29. The topological polar surface area (TPSA) is 96.6 Å². The highest BCUT2D eigenvalue weighted by Crippen LogP contribution is 2.36. The number of hydrogen-bond acceptors (Lipinski definition) is 5. The van der Waals surface area contributed by atoms with E-state index in [0.29, 0.717) is 25.3 Å². The van der Waals surface area contributed by atoms with Crippen molar-refractivity contribution in [3.05, 3.63) is 71.4 Å². The Morgan fingerprint density at radius 1 is 1.12 bits per heavy atom. The van der Waals surface area contributed by atoms with Gasteiger partial charge in [-0.1, -0.05) is 42.5 Å². The summed E-state index contributed by atoms with van der Waals surface area (Å²) in [4.78, 5) is 26.9. The van der Waals surface area contributed by atoms with Crippen molar-refractivity contribution in [2.45, 2.75) is 19.1 Å². The molecule has 1 atom stereocenters. The monoisotopic (exact) mass is 432 g/mol. The summed E-state index contributed by atoms with van der Waals surface area (Å²) < 4.78 is 11.4. The molecule has 8 heteroatoms. The van der Waals surface area contributed by atoms with Crippen molar-refractivity contribution in [2.75, 3.05) is 26.2 Å². The van der Waals surface area contributed by atoms with Gasteiger partial charge in [0.15, 0.2) is 0 Å². The van der Waals surface area contributed by atoms with Gasteiger partial charge in [-0.3, -0.25) is 14.7 Å². The molecule has 0 radical (unpaired) electrons. The Kier molecular flexibility index (Phi) is 5.60. The number of hydrogen-bond donors (Lipinski definition) is 2. The minimum atomic E-state index is -0.266. The summed E-state index contributed by atoms with van der Waals surface area (Å²) in [5, 5.41) is 10.1. The van der Waals surface area contributed by atoms with Gasteiger partial charge in [0, 0.05) is 30.8 Å². The van der Waals surface area contributed by atoms with E-state index < -0.39 is 0 Å². The number of amides is 2. The van der Waals surface area contributed by atoms with Gasteiger partial charge in [0.1, 0.15) is 30.4 Å². The first-order chi connectivity index (χ1) is 15.7. The van der Waals surface area contributed by atoms with Gasteiger partial charge in [-0.2, -0.15) is 5.10 Å². The third kappa shape index (κ3) is 4.09. The molecule has 3 aromatic rings. The van der Waals surface area contributed by atoms with E-state index >= 15 is 0 Å². The van der Waals surface area contributed by atoms with Crippen LogP contribution in [0.4, 0.5) is 0 Å². The Morgan fingerprint density at radius 3 is 2.81 bits per heavy atom. The maximum atomic E-state index is 12.8. The normalized spacial score (nSPS) is 17.3. The van der Waals surface area contributed by atoms with Gasteiger partial charge >= 0.3 is 0 Å². The molecule has 32 heavy (non-hydrogen) atoms. The molecule has 0 spiro atoms. The predicted octanol–water partition coefficient (Wildman–Crippen LogP) is 2.17. The first-order valence-electron chi connectivity index (χ1n) is 10.7. The molecule has 2 aliphatic heterocycles. The van der Waals surface area contributed by atoms with Crippen molar-refractivity contribution in [1.29, 1.82) is 0 Å². The molecule has 2 aromatic carbocycles. The van der Waals surface area contributed by atoms with Gasteiger partial charge < -0.3 is 19.7 Å². The van der Waals surface area contributed by atoms with E-state index in [4.69, 9.17) is 9.47 Å². The van der Waals surface area contributed by atoms with Gasteiger partial charge in [0.05, 0.1) is 6.10 Å². The van der Waals surface area contributed by atoms with E-state index in [1.807, 2.05) is 42.5 Å². The molecule has 0 aliphatic carbocycles. The number of benzene rings is 2. The molecule has 1 aromatic heterocycles. The van der Waals surface area contributed by atoms with Crippen LogP contribution in [0.5, 0.6) is 5.75 Å². The van der Waals surface area contributed by atoms with Crippen LogP contribution in [-0.2, 0) is 22.6 Å². The largest absolute Gasteiger partial charge is 0.488 e. The molecule has 3 heterocycles. The Labute approximate surface area is 185 Å². The first-order valence-corrected chi connectivity index (χ1v) is 10.7. The number of ether oxygens (including phenoxy) is 2. The predicted molar refractivity (Wildman–Crippen MR) is 117 cm³/mol. The Bertz CT molecular complexity index is 1130. The molecule has 2 aliphatic rings. The number of aromatic amines is 1. The third-order valence-corrected chi connectivity index (χ3v) is 5.83. The number of rotatable bonds is 6. The minimum Gasteiger partial charge on any atom is -0.488 e. The lowest BCUT2D eigenvalue weighted by Crippen LogP contribution is -2.51. The second kappa shape index (κ2) is 8.84. The SMILES string of the molecule is O=C(NCC1CN(CCc2ccccc2)C(=O)CO1)c1[nH]nc2c1COc1ccccc1-2. The van der Waals surface area contributed by atoms with Gasteiger partial charge in [-0.15, -0.1) is 0 Å². The van der Waals surface area contributed by atoms with Crippen molar-refractivity contribution < 1.29 is 19.1 Å². The first kappa shape index (κ1) is 20.3. The van der Waals surface area contributed by atoms with Crippen LogP contribution in [0.2, 0.25) is 0 Å². The quantitative estimate of drug-likeness (QED) is 0.622. The smallest absolute Gasteiger partial charge is 0.269 e. The fraction of sp³-hybridized carbons (Fsp3) is 0.292. The van der Waals surface area contributed by atoms with Crippen molar-refractivity contribution in [3.8, 4) is 17.0 Å². The van der Waals surface area contributed by atoms with Crippen molar-refractivity contribution in [3.63, 3.8) is 0 Å². The van der Waals surface area contributed by atoms with E-state index in [1.54, 1.807) is 4.90 Å². The zero-order valence-corrected chi connectivity index (χ0v) is 17.5. The van der Waals surface area contributed by atoms with Gasteiger partial charge in [0.2, 0.25) is 5.91 Å². The fourth-order valence-electron chi connectivity index (χ4n) is 4.08. The van der Waals surface area contributed by atoms with Crippen LogP contribution in [0.3, 0.4) is 0 Å². The number of H-pyrrole nitrogens is 1. The number of morpholine rings is 1. The zero-order valence-electron chi connectivity index (χ0n) is 17.5. The summed E-state index contributed by atoms with van der Waals surface area (Å²) in [6.45, 7) is 1.69. The van der Waals surface area contributed by atoms with E-state index in [1.165, 1.54) is 5.56 Å². The number of aromatic nitrogens is 2. The lowest BCUT2D eigenvalue weighted by molar-refractivity contribution is -0.148. The fourth-order valence-corrected chi connectivity index (χ4v) is 4.08. The summed E-state index contributed by atoms with van der Waals surface area (Å²) in [7, 11) is 0. The summed E-state index contributed by atoms with van der Waals surface area (Å²) in [5.41, 5.74) is 3.92. The molecule has 2 amide bonds. The Hall–Kier alpha value is -3.65. The van der Waals surface area contributed by atoms with Gasteiger partial charge in [0.25, 0.3) is 5.91 Å². The second-order valence-corrected chi connectivity index (χ2v) is 7.93. The number of nitrogens with one attached hydrogen (secondary N) is 2. The lowest BCUT2D eigenvalue weighted by atomic mass is 10.0. The summed E-state index contributed by atoms with van der Waals surface area (Å²) in [6.07, 6.45) is 0.524. The summed E-state index contributed by atoms with van der Waals surface area (Å²) in [5.74, 6) is 0.467. The third-order valence-electron chi connectivity index (χ3n) is 5.83. The van der Waals surface area contributed by atoms with Crippen molar-refractivity contribution in [1.82, 2.24) is 20.4 Å².